The zero-order valence-corrected chi connectivity index (χ0v) is 18.1. The maximum absolute atomic E-state index is 2.33. The van der Waals surface area contributed by atoms with Crippen LogP contribution in [-0.4, -0.2) is 0 Å². The van der Waals surface area contributed by atoms with Gasteiger partial charge in [0.15, 0.2) is 0 Å². The van der Waals surface area contributed by atoms with Crippen LogP contribution in [0.15, 0.2) is 48.5 Å². The van der Waals surface area contributed by atoms with E-state index in [9.17, 15) is 0 Å². The van der Waals surface area contributed by atoms with E-state index in [4.69, 9.17) is 0 Å². The molecular weight excluding hydrogens is 312 g/mol. The van der Waals surface area contributed by atoms with Crippen molar-refractivity contribution in [3.63, 3.8) is 0 Å². The molecule has 0 spiro atoms. The molecule has 0 heteroatoms. The smallest absolute Gasteiger partial charge is 0.0146 e. The van der Waals surface area contributed by atoms with Gasteiger partial charge in [-0.2, -0.15) is 0 Å². The molecule has 0 saturated heterocycles. The maximum Gasteiger partial charge on any atom is 0.0146 e. The summed E-state index contributed by atoms with van der Waals surface area (Å²) in [7, 11) is 0. The first-order valence-corrected chi connectivity index (χ1v) is 10.8. The summed E-state index contributed by atoms with van der Waals surface area (Å²) in [4.78, 5) is 0. The number of aryl methyl sites for hydroxylation is 2. The lowest BCUT2D eigenvalue weighted by Crippen LogP contribution is -2.18. The van der Waals surface area contributed by atoms with E-state index in [1.165, 1.54) is 67.2 Å². The van der Waals surface area contributed by atoms with E-state index < -0.39 is 0 Å². The third-order valence-electron chi connectivity index (χ3n) is 5.24. The number of unbranched alkanes of at least 4 members (excludes halogenated alkanes) is 3. The molecule has 0 saturated carbocycles. The number of benzene rings is 2. The highest BCUT2D eigenvalue weighted by Gasteiger charge is 2.22. The van der Waals surface area contributed by atoms with Crippen LogP contribution in [0.1, 0.15) is 95.9 Å². The van der Waals surface area contributed by atoms with Crippen molar-refractivity contribution < 1.29 is 0 Å². The van der Waals surface area contributed by atoms with E-state index in [0.29, 0.717) is 0 Å². The summed E-state index contributed by atoms with van der Waals surface area (Å²) >= 11 is 0. The van der Waals surface area contributed by atoms with Gasteiger partial charge in [0.25, 0.3) is 0 Å². The average Bonchev–Trinajstić information content (AvgIpc) is 2.69. The molecule has 0 fully saturated rings. The van der Waals surface area contributed by atoms with Crippen molar-refractivity contribution in [2.24, 2.45) is 0 Å². The van der Waals surface area contributed by atoms with Crippen LogP contribution in [0.3, 0.4) is 0 Å². The van der Waals surface area contributed by atoms with Crippen LogP contribution >= 0.6 is 0 Å². The van der Waals surface area contributed by atoms with Gasteiger partial charge in [-0.25, -0.2) is 0 Å². The zero-order valence-electron chi connectivity index (χ0n) is 18.1. The van der Waals surface area contributed by atoms with Crippen LogP contribution < -0.4 is 0 Å². The van der Waals surface area contributed by atoms with Crippen molar-refractivity contribution in [3.8, 4) is 0 Å². The van der Waals surface area contributed by atoms with Crippen LogP contribution in [0.4, 0.5) is 0 Å². The van der Waals surface area contributed by atoms with E-state index in [-0.39, 0.29) is 5.41 Å². The highest BCUT2D eigenvalue weighted by molar-refractivity contribution is 5.39. The Balaban J connectivity index is 0.00000163. The Bertz CT molecular complexity index is 587. The second-order valence-electron chi connectivity index (χ2n) is 7.58. The molecule has 0 nitrogen and oxygen atoms in total. The van der Waals surface area contributed by atoms with E-state index >= 15 is 0 Å². The average molecular weight is 353 g/mol. The van der Waals surface area contributed by atoms with Crippen molar-refractivity contribution in [1.82, 2.24) is 0 Å². The fourth-order valence-electron chi connectivity index (χ4n) is 3.30. The van der Waals surface area contributed by atoms with Crippen LogP contribution in [-0.2, 0) is 18.3 Å². The molecule has 0 radical (unpaired) electrons. The monoisotopic (exact) mass is 352 g/mol. The third-order valence-corrected chi connectivity index (χ3v) is 5.24. The van der Waals surface area contributed by atoms with E-state index in [0.717, 1.165) is 0 Å². The SMILES string of the molecule is CC.CCCCCc1ccc(C(C)(C)c2ccc(CCCC)cc2)cc1. The first kappa shape index (κ1) is 22.5. The quantitative estimate of drug-likeness (QED) is 0.400. The predicted octanol–water partition coefficient (Wildman–Crippen LogP) is 8.11. The minimum atomic E-state index is 0.0607. The Morgan fingerprint density at radius 2 is 0.962 bits per heavy atom. The highest BCUT2D eigenvalue weighted by Crippen LogP contribution is 2.32. The molecule has 0 aliphatic heterocycles. The van der Waals surface area contributed by atoms with Crippen molar-refractivity contribution in [3.05, 3.63) is 70.8 Å². The zero-order chi connectivity index (χ0) is 19.4. The second-order valence-corrected chi connectivity index (χ2v) is 7.58. The van der Waals surface area contributed by atoms with Crippen molar-refractivity contribution in [2.75, 3.05) is 0 Å². The molecule has 2 rings (SSSR count). The van der Waals surface area contributed by atoms with Crippen molar-refractivity contribution in [1.29, 1.82) is 0 Å². The molecule has 0 bridgehead atoms. The van der Waals surface area contributed by atoms with Crippen LogP contribution in [0.2, 0.25) is 0 Å². The lowest BCUT2D eigenvalue weighted by molar-refractivity contribution is 0.639. The number of rotatable bonds is 9. The Labute approximate surface area is 163 Å². The summed E-state index contributed by atoms with van der Waals surface area (Å²) in [5.41, 5.74) is 5.80. The van der Waals surface area contributed by atoms with Crippen LogP contribution in [0, 0.1) is 0 Å². The van der Waals surface area contributed by atoms with Gasteiger partial charge in [0, 0.05) is 5.41 Å². The summed E-state index contributed by atoms with van der Waals surface area (Å²) in [6, 6.07) is 18.6. The van der Waals surface area contributed by atoms with Crippen molar-refractivity contribution >= 4 is 0 Å². The first-order chi connectivity index (χ1) is 12.6. The minimum Gasteiger partial charge on any atom is -0.0683 e. The maximum atomic E-state index is 2.33. The second kappa shape index (κ2) is 11.9. The molecular formula is C26H40. The molecule has 0 heterocycles. The molecule has 0 unspecified atom stereocenters. The summed E-state index contributed by atoms with van der Waals surface area (Å²) in [6.45, 7) is 13.2. The highest BCUT2D eigenvalue weighted by atomic mass is 14.3. The lowest BCUT2D eigenvalue weighted by atomic mass is 9.77. The van der Waals surface area contributed by atoms with Crippen molar-refractivity contribution in [2.45, 2.75) is 91.9 Å². The normalized spacial score (nSPS) is 11.0. The van der Waals surface area contributed by atoms with Gasteiger partial charge in [0.05, 0.1) is 0 Å². The largest absolute Gasteiger partial charge is 0.0683 e. The van der Waals surface area contributed by atoms with Gasteiger partial charge in [-0.05, 0) is 47.9 Å². The molecule has 0 N–H and O–H groups in total. The number of hydrogen-bond acceptors (Lipinski definition) is 0. The Morgan fingerprint density at radius 3 is 1.35 bits per heavy atom. The first-order valence-electron chi connectivity index (χ1n) is 10.8. The van der Waals surface area contributed by atoms with Gasteiger partial charge >= 0.3 is 0 Å². The van der Waals surface area contributed by atoms with Gasteiger partial charge in [-0.3, -0.25) is 0 Å². The minimum absolute atomic E-state index is 0.0607. The molecule has 0 aliphatic rings. The molecule has 144 valence electrons. The van der Waals surface area contributed by atoms with Crippen LogP contribution in [0.5, 0.6) is 0 Å². The molecule has 0 amide bonds. The predicted molar refractivity (Wildman–Crippen MR) is 118 cm³/mol. The fraction of sp³-hybridized carbons (Fsp3) is 0.538. The van der Waals surface area contributed by atoms with E-state index in [2.05, 4.69) is 76.2 Å². The van der Waals surface area contributed by atoms with Gasteiger partial charge in [-0.1, -0.05) is 109 Å². The molecule has 2 aromatic rings. The summed E-state index contributed by atoms with van der Waals surface area (Å²) < 4.78 is 0. The summed E-state index contributed by atoms with van der Waals surface area (Å²) in [5, 5.41) is 0. The van der Waals surface area contributed by atoms with Gasteiger partial charge < -0.3 is 0 Å². The van der Waals surface area contributed by atoms with Gasteiger partial charge in [0.1, 0.15) is 0 Å². The fourth-order valence-corrected chi connectivity index (χ4v) is 3.30. The Hall–Kier alpha value is -1.56. The molecule has 0 atom stereocenters. The van der Waals surface area contributed by atoms with E-state index in [1.807, 2.05) is 13.8 Å². The topological polar surface area (TPSA) is 0 Å². The van der Waals surface area contributed by atoms with Gasteiger partial charge in [-0.15, -0.1) is 0 Å². The molecule has 0 aliphatic carbocycles. The molecule has 0 aromatic heterocycles. The Morgan fingerprint density at radius 1 is 0.577 bits per heavy atom. The van der Waals surface area contributed by atoms with E-state index in [1.54, 1.807) is 0 Å². The van der Waals surface area contributed by atoms with Crippen LogP contribution in [0.25, 0.3) is 0 Å². The van der Waals surface area contributed by atoms with Gasteiger partial charge in [0.2, 0.25) is 0 Å². The summed E-state index contributed by atoms with van der Waals surface area (Å²) in [5.74, 6) is 0. The molecule has 26 heavy (non-hydrogen) atoms. The Kier molecular flexibility index (Phi) is 10.3. The number of hydrogen-bond donors (Lipinski definition) is 0. The summed E-state index contributed by atoms with van der Waals surface area (Å²) in [6.07, 6.45) is 8.87. The standard InChI is InChI=1S/C24H34.C2H6/c1-5-7-9-11-21-14-18-23(19-15-21)24(3,4)22-16-12-20(13-17-22)10-8-6-2;1-2/h12-19H,5-11H2,1-4H3;1-2H3. The third kappa shape index (κ3) is 6.63. The molecule has 2 aromatic carbocycles. The lowest BCUT2D eigenvalue weighted by Gasteiger charge is -2.26.